The summed E-state index contributed by atoms with van der Waals surface area (Å²) in [5.74, 6) is -0.0677. The molecule has 1 N–H and O–H groups in total. The van der Waals surface area contributed by atoms with Gasteiger partial charge in [-0.05, 0) is 74.6 Å². The van der Waals surface area contributed by atoms with E-state index in [9.17, 15) is 22.8 Å². The first-order valence-corrected chi connectivity index (χ1v) is 12.8. The topological polar surface area (TPSA) is 88.4 Å². The van der Waals surface area contributed by atoms with Gasteiger partial charge in [-0.25, -0.2) is 10.0 Å². The van der Waals surface area contributed by atoms with Crippen molar-refractivity contribution in [1.29, 1.82) is 0 Å². The average Bonchev–Trinajstić information content (AvgIpc) is 3.55. The number of pyridine rings is 1. The van der Waals surface area contributed by atoms with Gasteiger partial charge in [0.15, 0.2) is 0 Å². The van der Waals surface area contributed by atoms with Crippen molar-refractivity contribution in [2.75, 3.05) is 31.8 Å². The Kier molecular flexibility index (Phi) is 9.08. The molecule has 1 aliphatic heterocycles. The van der Waals surface area contributed by atoms with Gasteiger partial charge in [0.2, 0.25) is 6.41 Å². The highest BCUT2D eigenvalue weighted by molar-refractivity contribution is 6.03. The second-order valence-corrected chi connectivity index (χ2v) is 9.54. The smallest absolute Gasteiger partial charge is 0.406 e. The van der Waals surface area contributed by atoms with E-state index in [1.54, 1.807) is 30.0 Å². The Bertz CT molecular complexity index is 1270. The summed E-state index contributed by atoms with van der Waals surface area (Å²) in [4.78, 5) is 32.2. The number of allylic oxidation sites excluding steroid dienone is 1. The van der Waals surface area contributed by atoms with Crippen molar-refractivity contribution in [3.63, 3.8) is 0 Å². The highest BCUT2D eigenvalue weighted by Crippen LogP contribution is 2.28. The number of aromatic nitrogens is 1. The van der Waals surface area contributed by atoms with Crippen LogP contribution in [-0.4, -0.2) is 60.9 Å². The molecule has 1 atom stereocenters. The van der Waals surface area contributed by atoms with Crippen LogP contribution in [0.5, 0.6) is 5.75 Å². The highest BCUT2D eigenvalue weighted by atomic mass is 19.4. The number of methoxy groups -OCH3 is 1. The number of carbonyl (C=O) groups is 1. The van der Waals surface area contributed by atoms with E-state index >= 15 is 0 Å². The van der Waals surface area contributed by atoms with Gasteiger partial charge in [0.1, 0.15) is 17.3 Å². The molecule has 1 saturated heterocycles. The molecule has 1 aromatic heterocycles. The molecule has 4 rings (SSSR count). The number of carbonyl (C=O) groups excluding carboxylic acids is 1. The molecular formula is C27H32F3N5O4. The number of rotatable bonds is 10. The van der Waals surface area contributed by atoms with Crippen molar-refractivity contribution in [3.05, 3.63) is 64.1 Å². The first kappa shape index (κ1) is 28.4. The molecule has 210 valence electrons. The fourth-order valence-corrected chi connectivity index (χ4v) is 4.80. The van der Waals surface area contributed by atoms with Gasteiger partial charge in [-0.15, -0.1) is 13.2 Å². The third kappa shape index (κ3) is 7.48. The molecule has 1 fully saturated rings. The van der Waals surface area contributed by atoms with Crippen LogP contribution < -0.4 is 20.7 Å². The predicted octanol–water partition coefficient (Wildman–Crippen LogP) is 4.17. The van der Waals surface area contributed by atoms with Crippen LogP contribution in [0.25, 0.3) is 0 Å². The molecule has 1 amide bonds. The summed E-state index contributed by atoms with van der Waals surface area (Å²) in [6, 6.07) is 8.24. The fraction of sp³-hybridized carbons (Fsp3) is 0.444. The molecule has 1 aliphatic carbocycles. The Labute approximate surface area is 224 Å². The summed E-state index contributed by atoms with van der Waals surface area (Å²) in [6.45, 7) is 4.92. The first-order chi connectivity index (χ1) is 18.7. The van der Waals surface area contributed by atoms with Gasteiger partial charge in [0, 0.05) is 39.5 Å². The van der Waals surface area contributed by atoms with E-state index in [2.05, 4.69) is 20.1 Å². The van der Waals surface area contributed by atoms with E-state index < -0.39 is 12.1 Å². The standard InChI is InChI=1S/C27H32F3N5O4/c1-19-5-3-6-23(19)25(32-35(18-36)20-8-10-21(11-9-20)39-27(28,29)30)31-24-7-4-13-34(26(24)37)16-15-33-14-12-22(17-33)38-2/h4,7-11,13,18,22H,3,5-6,12,14-17H2,1-2H3,(H,31,32). The maximum atomic E-state index is 13.3. The van der Waals surface area contributed by atoms with Crippen LogP contribution in [-0.2, 0) is 16.1 Å². The molecule has 0 spiro atoms. The predicted molar refractivity (Wildman–Crippen MR) is 141 cm³/mol. The minimum Gasteiger partial charge on any atom is -0.406 e. The van der Waals surface area contributed by atoms with Gasteiger partial charge in [-0.3, -0.25) is 19.9 Å². The largest absolute Gasteiger partial charge is 0.573 e. The number of aliphatic imine (C=N–C) groups is 1. The number of likely N-dealkylation sites (tertiary alicyclic amines) is 1. The van der Waals surface area contributed by atoms with Gasteiger partial charge in [-0.2, -0.15) is 0 Å². The summed E-state index contributed by atoms with van der Waals surface area (Å²) >= 11 is 0. The zero-order chi connectivity index (χ0) is 28.0. The van der Waals surface area contributed by atoms with E-state index in [1.807, 2.05) is 6.92 Å². The average molecular weight is 548 g/mol. The molecule has 0 saturated carbocycles. The van der Waals surface area contributed by atoms with E-state index in [0.29, 0.717) is 31.8 Å². The third-order valence-electron chi connectivity index (χ3n) is 6.91. The molecule has 2 aromatic rings. The lowest BCUT2D eigenvalue weighted by Crippen LogP contribution is -2.42. The van der Waals surface area contributed by atoms with Crippen LogP contribution in [0.2, 0.25) is 0 Å². The number of halogens is 3. The van der Waals surface area contributed by atoms with Gasteiger partial charge < -0.3 is 14.0 Å². The number of amidine groups is 1. The SMILES string of the molecule is COC1CCN(CCn2cccc(N=C(NN(C=O)c3ccc(OC(F)(F)F)cc3)C3=C(C)CCC3)c2=O)C1. The number of hydrogen-bond donors (Lipinski definition) is 1. The number of nitrogens with one attached hydrogen (secondary N) is 1. The number of hydrazine groups is 1. The van der Waals surface area contributed by atoms with Gasteiger partial charge in [0.05, 0.1) is 11.8 Å². The molecule has 1 aromatic carbocycles. The summed E-state index contributed by atoms with van der Waals surface area (Å²) in [6.07, 6.45) is 1.04. The molecule has 1 unspecified atom stereocenters. The number of hydrogen-bond acceptors (Lipinski definition) is 6. The fourth-order valence-electron chi connectivity index (χ4n) is 4.80. The van der Waals surface area contributed by atoms with E-state index in [-0.39, 0.29) is 23.0 Å². The van der Waals surface area contributed by atoms with Crippen molar-refractivity contribution >= 4 is 23.6 Å². The quantitative estimate of drug-likeness (QED) is 0.208. The van der Waals surface area contributed by atoms with Crippen molar-refractivity contribution in [3.8, 4) is 5.75 Å². The number of amides is 1. The maximum absolute atomic E-state index is 13.3. The lowest BCUT2D eigenvalue weighted by Gasteiger charge is -2.22. The Balaban J connectivity index is 1.57. The van der Waals surface area contributed by atoms with Crippen LogP contribution in [0.3, 0.4) is 0 Å². The maximum Gasteiger partial charge on any atom is 0.573 e. The molecule has 2 heterocycles. The number of anilines is 1. The van der Waals surface area contributed by atoms with Crippen molar-refractivity contribution in [2.45, 2.75) is 51.6 Å². The Morgan fingerprint density at radius 2 is 1.97 bits per heavy atom. The van der Waals surface area contributed by atoms with E-state index in [1.165, 1.54) is 12.1 Å². The van der Waals surface area contributed by atoms with Gasteiger partial charge >= 0.3 is 6.36 Å². The normalized spacial score (nSPS) is 18.5. The summed E-state index contributed by atoms with van der Waals surface area (Å²) < 4.78 is 48.5. The Morgan fingerprint density at radius 1 is 1.21 bits per heavy atom. The number of ether oxygens (including phenoxy) is 2. The molecule has 39 heavy (non-hydrogen) atoms. The third-order valence-corrected chi connectivity index (χ3v) is 6.91. The lowest BCUT2D eigenvalue weighted by atomic mass is 10.1. The Morgan fingerprint density at radius 3 is 2.59 bits per heavy atom. The summed E-state index contributed by atoms with van der Waals surface area (Å²) in [7, 11) is 1.70. The van der Waals surface area contributed by atoms with Crippen molar-refractivity contribution in [1.82, 2.24) is 14.9 Å². The summed E-state index contributed by atoms with van der Waals surface area (Å²) in [5, 5.41) is 1.11. The minimum absolute atomic E-state index is 0.211. The van der Waals surface area contributed by atoms with Crippen LogP contribution in [0.1, 0.15) is 32.6 Å². The van der Waals surface area contributed by atoms with Crippen LogP contribution in [0, 0.1) is 0 Å². The number of alkyl halides is 3. The van der Waals surface area contributed by atoms with Crippen LogP contribution in [0.4, 0.5) is 24.5 Å². The van der Waals surface area contributed by atoms with Crippen LogP contribution >= 0.6 is 0 Å². The van der Waals surface area contributed by atoms with Gasteiger partial charge in [0.25, 0.3) is 5.56 Å². The molecule has 0 radical (unpaired) electrons. The molecule has 2 aliphatic rings. The monoisotopic (exact) mass is 547 g/mol. The number of nitrogens with zero attached hydrogens (tertiary/aromatic N) is 4. The Hall–Kier alpha value is -3.64. The van der Waals surface area contributed by atoms with Crippen LogP contribution in [0.15, 0.2) is 63.5 Å². The molecule has 0 bridgehead atoms. The second kappa shape index (κ2) is 12.5. The summed E-state index contributed by atoms with van der Waals surface area (Å²) in [5.41, 5.74) is 5.16. The van der Waals surface area contributed by atoms with E-state index in [4.69, 9.17) is 4.74 Å². The zero-order valence-electron chi connectivity index (χ0n) is 21.9. The van der Waals surface area contributed by atoms with Crippen molar-refractivity contribution < 1.29 is 27.4 Å². The number of benzene rings is 1. The molecular weight excluding hydrogens is 515 g/mol. The lowest BCUT2D eigenvalue weighted by molar-refractivity contribution is -0.274. The molecule has 12 heteroatoms. The second-order valence-electron chi connectivity index (χ2n) is 9.54. The van der Waals surface area contributed by atoms with Crippen molar-refractivity contribution in [2.24, 2.45) is 4.99 Å². The molecule has 9 nitrogen and oxygen atoms in total. The van der Waals surface area contributed by atoms with E-state index in [0.717, 1.165) is 60.6 Å². The first-order valence-electron chi connectivity index (χ1n) is 12.8. The zero-order valence-corrected chi connectivity index (χ0v) is 21.9. The highest BCUT2D eigenvalue weighted by Gasteiger charge is 2.31. The minimum atomic E-state index is -4.82. The van der Waals surface area contributed by atoms with Gasteiger partial charge in [-0.1, -0.05) is 5.57 Å².